The second-order valence-electron chi connectivity index (χ2n) is 7.26. The monoisotopic (exact) mass is 390 g/mol. The third-order valence-electron chi connectivity index (χ3n) is 5.16. The van der Waals surface area contributed by atoms with Crippen LogP contribution in [0.2, 0.25) is 5.82 Å². The number of hydrogen-bond donors (Lipinski definition) is 3. The fourth-order valence-electron chi connectivity index (χ4n) is 3.73. The van der Waals surface area contributed by atoms with Crippen molar-refractivity contribution in [3.63, 3.8) is 0 Å². The predicted octanol–water partition coefficient (Wildman–Crippen LogP) is -0.168. The van der Waals surface area contributed by atoms with Crippen molar-refractivity contribution in [2.24, 2.45) is 0 Å². The van der Waals surface area contributed by atoms with Gasteiger partial charge in [-0.25, -0.2) is 4.79 Å². The van der Waals surface area contributed by atoms with Crippen molar-refractivity contribution in [2.75, 3.05) is 39.3 Å². The molecule has 1 atom stereocenters. The van der Waals surface area contributed by atoms with Gasteiger partial charge in [0, 0.05) is 38.4 Å². The van der Waals surface area contributed by atoms with E-state index in [2.05, 4.69) is 0 Å². The SMILES string of the molecule is O=C(O)CN1CCN(CC(=O)C[C@H]2Cc3cccc(C(=O)O)c3OB2O)CC1. The fourth-order valence-corrected chi connectivity index (χ4v) is 3.73. The van der Waals surface area contributed by atoms with E-state index in [0.29, 0.717) is 38.2 Å². The Balaban J connectivity index is 1.53. The van der Waals surface area contributed by atoms with E-state index >= 15 is 0 Å². The van der Waals surface area contributed by atoms with Crippen LogP contribution >= 0.6 is 0 Å². The third-order valence-corrected chi connectivity index (χ3v) is 5.16. The Kier molecular flexibility index (Phi) is 6.33. The van der Waals surface area contributed by atoms with Gasteiger partial charge >= 0.3 is 19.1 Å². The maximum absolute atomic E-state index is 12.5. The summed E-state index contributed by atoms with van der Waals surface area (Å²) in [7, 11) is -1.23. The molecule has 2 heterocycles. The van der Waals surface area contributed by atoms with E-state index in [4.69, 9.17) is 9.76 Å². The van der Waals surface area contributed by atoms with E-state index in [1.807, 2.05) is 9.80 Å². The fraction of sp³-hybridized carbons (Fsp3) is 0.500. The first-order chi connectivity index (χ1) is 13.3. The van der Waals surface area contributed by atoms with E-state index < -0.39 is 24.9 Å². The Morgan fingerprint density at radius 2 is 1.71 bits per heavy atom. The Hall–Kier alpha value is -2.43. The minimum Gasteiger partial charge on any atom is -0.535 e. The summed E-state index contributed by atoms with van der Waals surface area (Å²) in [6, 6.07) is 4.79. The Labute approximate surface area is 162 Å². The molecule has 2 aliphatic heterocycles. The zero-order valence-corrected chi connectivity index (χ0v) is 15.4. The number of carbonyl (C=O) groups excluding carboxylic acids is 1. The molecule has 9 nitrogen and oxygen atoms in total. The Morgan fingerprint density at radius 3 is 2.32 bits per heavy atom. The second-order valence-corrected chi connectivity index (χ2v) is 7.26. The first-order valence-electron chi connectivity index (χ1n) is 9.21. The molecule has 150 valence electrons. The van der Waals surface area contributed by atoms with Crippen molar-refractivity contribution in [3.05, 3.63) is 29.3 Å². The molecule has 10 heteroatoms. The van der Waals surface area contributed by atoms with Crippen LogP contribution in [-0.2, 0) is 16.0 Å². The lowest BCUT2D eigenvalue weighted by atomic mass is 9.64. The molecule has 0 amide bonds. The van der Waals surface area contributed by atoms with E-state index in [1.165, 1.54) is 6.07 Å². The standard InChI is InChI=1S/C18H23BN2O7/c22-14(10-20-4-6-21(7-5-20)11-16(23)24)9-13-8-12-2-1-3-15(18(25)26)17(12)28-19(13)27/h1-3,13,27H,4-11H2,(H,23,24)(H,25,26)/t13-/m1/s1. The van der Waals surface area contributed by atoms with E-state index in [0.717, 1.165) is 0 Å². The van der Waals surface area contributed by atoms with Crippen molar-refractivity contribution in [3.8, 4) is 5.75 Å². The van der Waals surface area contributed by atoms with Gasteiger partial charge in [0.25, 0.3) is 0 Å². The number of carboxylic acids is 2. The third kappa shape index (κ3) is 4.89. The van der Waals surface area contributed by atoms with Gasteiger partial charge in [-0.1, -0.05) is 12.1 Å². The topological polar surface area (TPSA) is 128 Å². The van der Waals surface area contributed by atoms with Crippen LogP contribution in [0, 0.1) is 0 Å². The van der Waals surface area contributed by atoms with Crippen LogP contribution in [0.4, 0.5) is 0 Å². The number of piperazine rings is 1. The van der Waals surface area contributed by atoms with Crippen LogP contribution in [0.1, 0.15) is 22.3 Å². The summed E-state index contributed by atoms with van der Waals surface area (Å²) >= 11 is 0. The summed E-state index contributed by atoms with van der Waals surface area (Å²) in [5.74, 6) is -2.28. The molecule has 1 aromatic rings. The largest absolute Gasteiger partial charge is 0.535 e. The second kappa shape index (κ2) is 8.72. The summed E-state index contributed by atoms with van der Waals surface area (Å²) < 4.78 is 5.43. The van der Waals surface area contributed by atoms with Crippen LogP contribution in [0.25, 0.3) is 0 Å². The van der Waals surface area contributed by atoms with Crippen LogP contribution in [0.15, 0.2) is 18.2 Å². The van der Waals surface area contributed by atoms with Crippen LogP contribution < -0.4 is 4.65 Å². The number of fused-ring (bicyclic) bond motifs is 1. The highest BCUT2D eigenvalue weighted by atomic mass is 16.5. The molecular weight excluding hydrogens is 367 g/mol. The number of rotatable bonds is 7. The summed E-state index contributed by atoms with van der Waals surface area (Å²) in [6.07, 6.45) is 0.503. The maximum Gasteiger partial charge on any atom is 0.526 e. The quantitative estimate of drug-likeness (QED) is 0.544. The number of para-hydroxylation sites is 1. The zero-order valence-electron chi connectivity index (χ0n) is 15.4. The summed E-state index contributed by atoms with van der Waals surface area (Å²) in [5, 5.41) is 28.3. The predicted molar refractivity (Wildman–Crippen MR) is 99.6 cm³/mol. The van der Waals surface area contributed by atoms with Gasteiger partial charge in [0.05, 0.1) is 18.7 Å². The van der Waals surface area contributed by atoms with Crippen LogP contribution in [-0.4, -0.2) is 89.1 Å². The van der Waals surface area contributed by atoms with Gasteiger partial charge < -0.3 is 19.9 Å². The average Bonchev–Trinajstić information content (AvgIpc) is 2.63. The van der Waals surface area contributed by atoms with Crippen molar-refractivity contribution in [1.82, 2.24) is 9.80 Å². The van der Waals surface area contributed by atoms with Gasteiger partial charge in [-0.05, 0) is 18.1 Å². The van der Waals surface area contributed by atoms with Gasteiger partial charge in [0.2, 0.25) is 0 Å². The minimum atomic E-state index is -1.23. The molecule has 1 saturated heterocycles. The number of benzene rings is 1. The van der Waals surface area contributed by atoms with Crippen molar-refractivity contribution < 1.29 is 34.3 Å². The van der Waals surface area contributed by atoms with Crippen LogP contribution in [0.5, 0.6) is 5.75 Å². The molecular formula is C18H23BN2O7. The highest BCUT2D eigenvalue weighted by Crippen LogP contribution is 2.36. The number of carbonyl (C=O) groups is 3. The summed E-state index contributed by atoms with van der Waals surface area (Å²) in [5.41, 5.74) is 0.672. The number of hydrogen-bond acceptors (Lipinski definition) is 7. The smallest absolute Gasteiger partial charge is 0.526 e. The van der Waals surface area contributed by atoms with Crippen molar-refractivity contribution >= 4 is 24.8 Å². The maximum atomic E-state index is 12.5. The molecule has 0 radical (unpaired) electrons. The normalized spacial score (nSPS) is 20.3. The first-order valence-corrected chi connectivity index (χ1v) is 9.21. The van der Waals surface area contributed by atoms with Gasteiger partial charge in [0.15, 0.2) is 0 Å². The first kappa shape index (κ1) is 20.3. The van der Waals surface area contributed by atoms with Gasteiger partial charge in [-0.15, -0.1) is 0 Å². The number of ketones is 1. The molecule has 3 rings (SSSR count). The van der Waals surface area contributed by atoms with Gasteiger partial charge in [-0.3, -0.25) is 19.4 Å². The van der Waals surface area contributed by atoms with Crippen LogP contribution in [0.3, 0.4) is 0 Å². The number of carboxylic acid groups (broad SMARTS) is 2. The molecule has 28 heavy (non-hydrogen) atoms. The molecule has 0 bridgehead atoms. The molecule has 0 saturated carbocycles. The highest BCUT2D eigenvalue weighted by molar-refractivity contribution is 6.47. The molecule has 0 aromatic heterocycles. The molecule has 3 N–H and O–H groups in total. The lowest BCUT2D eigenvalue weighted by molar-refractivity contribution is -0.139. The van der Waals surface area contributed by atoms with Gasteiger partial charge in [-0.2, -0.15) is 0 Å². The number of Topliss-reactive ketones (excluding diaryl/α,β-unsaturated/α-hetero) is 1. The summed E-state index contributed by atoms with van der Waals surface area (Å²) in [4.78, 5) is 38.3. The number of aromatic carboxylic acids is 1. The lowest BCUT2D eigenvalue weighted by Crippen LogP contribution is -2.49. The minimum absolute atomic E-state index is 0.000517. The van der Waals surface area contributed by atoms with E-state index in [-0.39, 0.29) is 36.6 Å². The average molecular weight is 390 g/mol. The van der Waals surface area contributed by atoms with Crippen molar-refractivity contribution in [2.45, 2.75) is 18.7 Å². The molecule has 0 aliphatic carbocycles. The molecule has 1 aromatic carbocycles. The zero-order chi connectivity index (χ0) is 20.3. The number of aliphatic carboxylic acids is 1. The molecule has 2 aliphatic rings. The van der Waals surface area contributed by atoms with E-state index in [9.17, 15) is 24.5 Å². The van der Waals surface area contributed by atoms with Gasteiger partial charge in [0.1, 0.15) is 11.5 Å². The molecule has 0 unspecified atom stereocenters. The Bertz CT molecular complexity index is 764. The van der Waals surface area contributed by atoms with E-state index in [1.54, 1.807) is 12.1 Å². The molecule has 1 fully saturated rings. The summed E-state index contributed by atoms with van der Waals surface area (Å²) in [6.45, 7) is 2.68. The Morgan fingerprint density at radius 1 is 1.07 bits per heavy atom. The number of nitrogens with zero attached hydrogens (tertiary/aromatic N) is 2. The lowest BCUT2D eigenvalue weighted by Gasteiger charge is -2.34. The molecule has 0 spiro atoms. The van der Waals surface area contributed by atoms with Crippen molar-refractivity contribution in [1.29, 1.82) is 0 Å². The highest BCUT2D eigenvalue weighted by Gasteiger charge is 2.38.